The van der Waals surface area contributed by atoms with Crippen LogP contribution in [0.2, 0.25) is 0 Å². The van der Waals surface area contributed by atoms with E-state index in [1.54, 1.807) is 18.9 Å². The van der Waals surface area contributed by atoms with Crippen LogP contribution in [-0.4, -0.2) is 55.4 Å². The van der Waals surface area contributed by atoms with Crippen molar-refractivity contribution in [2.45, 2.75) is 33.6 Å². The zero-order chi connectivity index (χ0) is 15.5. The summed E-state index contributed by atoms with van der Waals surface area (Å²) in [5, 5.41) is 11.6. The van der Waals surface area contributed by atoms with Gasteiger partial charge in [0.15, 0.2) is 0 Å². The summed E-state index contributed by atoms with van der Waals surface area (Å²) in [6.07, 6.45) is 1.23. The number of nitrogens with one attached hydrogen (secondary N) is 1. The second-order valence-corrected chi connectivity index (χ2v) is 5.45. The van der Waals surface area contributed by atoms with Crippen LogP contribution >= 0.6 is 0 Å². The standard InChI is InChI=1S/C14H28N2O4/c1-11(2)10-16(8-9-20-4)14(19)15-7-5-6-12(3)13(17)18/h11-12H,5-10H2,1-4H3,(H,15,19)(H,17,18). The van der Waals surface area contributed by atoms with E-state index in [0.717, 1.165) is 0 Å². The smallest absolute Gasteiger partial charge is 0.317 e. The Balaban J connectivity index is 4.02. The highest BCUT2D eigenvalue weighted by Gasteiger charge is 2.15. The normalized spacial score (nSPS) is 12.2. The van der Waals surface area contributed by atoms with Gasteiger partial charge in [-0.2, -0.15) is 0 Å². The van der Waals surface area contributed by atoms with Gasteiger partial charge in [-0.15, -0.1) is 0 Å². The zero-order valence-corrected chi connectivity index (χ0v) is 13.0. The molecule has 0 rings (SSSR count). The number of nitrogens with zero attached hydrogens (tertiary/aromatic N) is 1. The van der Waals surface area contributed by atoms with Crippen LogP contribution in [0.3, 0.4) is 0 Å². The van der Waals surface area contributed by atoms with Crippen LogP contribution in [0.25, 0.3) is 0 Å². The fourth-order valence-electron chi connectivity index (χ4n) is 1.76. The Morgan fingerprint density at radius 1 is 1.30 bits per heavy atom. The second kappa shape index (κ2) is 10.5. The summed E-state index contributed by atoms with van der Waals surface area (Å²) in [7, 11) is 1.61. The van der Waals surface area contributed by atoms with Crippen molar-refractivity contribution in [1.82, 2.24) is 10.2 Å². The lowest BCUT2D eigenvalue weighted by atomic mass is 10.1. The third kappa shape index (κ3) is 8.74. The van der Waals surface area contributed by atoms with E-state index < -0.39 is 5.97 Å². The topological polar surface area (TPSA) is 78.9 Å². The van der Waals surface area contributed by atoms with Gasteiger partial charge in [0.1, 0.15) is 0 Å². The minimum absolute atomic E-state index is 0.112. The summed E-state index contributed by atoms with van der Waals surface area (Å²) in [5.74, 6) is -0.769. The Morgan fingerprint density at radius 3 is 2.45 bits per heavy atom. The van der Waals surface area contributed by atoms with Gasteiger partial charge in [0.05, 0.1) is 12.5 Å². The Labute approximate surface area is 121 Å². The third-order valence-electron chi connectivity index (χ3n) is 2.95. The van der Waals surface area contributed by atoms with Crippen molar-refractivity contribution in [1.29, 1.82) is 0 Å². The molecule has 0 aliphatic rings. The predicted molar refractivity (Wildman–Crippen MR) is 77.7 cm³/mol. The fourth-order valence-corrected chi connectivity index (χ4v) is 1.76. The van der Waals surface area contributed by atoms with Gasteiger partial charge in [0.2, 0.25) is 0 Å². The first-order valence-electron chi connectivity index (χ1n) is 7.13. The molecule has 1 unspecified atom stereocenters. The number of rotatable bonds is 10. The molecular weight excluding hydrogens is 260 g/mol. The van der Waals surface area contributed by atoms with Gasteiger partial charge >= 0.3 is 12.0 Å². The Morgan fingerprint density at radius 2 is 1.95 bits per heavy atom. The average molecular weight is 288 g/mol. The van der Waals surface area contributed by atoms with Gasteiger partial charge in [-0.3, -0.25) is 4.79 Å². The van der Waals surface area contributed by atoms with Crippen molar-refractivity contribution >= 4 is 12.0 Å². The second-order valence-electron chi connectivity index (χ2n) is 5.45. The van der Waals surface area contributed by atoms with Crippen LogP contribution in [0.1, 0.15) is 33.6 Å². The van der Waals surface area contributed by atoms with Gasteiger partial charge in [0, 0.05) is 26.7 Å². The number of carboxylic acid groups (broad SMARTS) is 1. The molecule has 0 bridgehead atoms. The lowest BCUT2D eigenvalue weighted by Gasteiger charge is -2.24. The summed E-state index contributed by atoms with van der Waals surface area (Å²) in [6.45, 7) is 8.04. The highest BCUT2D eigenvalue weighted by Crippen LogP contribution is 2.05. The number of amides is 2. The van der Waals surface area contributed by atoms with Crippen LogP contribution in [0.15, 0.2) is 0 Å². The molecule has 20 heavy (non-hydrogen) atoms. The maximum Gasteiger partial charge on any atom is 0.317 e. The molecule has 1 atom stereocenters. The minimum Gasteiger partial charge on any atom is -0.481 e. The van der Waals surface area contributed by atoms with E-state index in [1.165, 1.54) is 0 Å². The summed E-state index contributed by atoms with van der Waals surface area (Å²) in [5.41, 5.74) is 0. The molecule has 0 saturated carbocycles. The molecule has 6 heteroatoms. The number of hydrogen-bond acceptors (Lipinski definition) is 3. The molecule has 2 amide bonds. The first-order chi connectivity index (χ1) is 9.38. The molecular formula is C14H28N2O4. The van der Waals surface area contributed by atoms with Crippen LogP contribution in [0.4, 0.5) is 4.79 Å². The molecule has 0 fully saturated rings. The number of aliphatic carboxylic acids is 1. The quantitative estimate of drug-likeness (QED) is 0.601. The fraction of sp³-hybridized carbons (Fsp3) is 0.857. The molecule has 0 radical (unpaired) electrons. The number of carbonyl (C=O) groups is 2. The molecule has 0 aromatic heterocycles. The summed E-state index contributed by atoms with van der Waals surface area (Å²) >= 11 is 0. The number of methoxy groups -OCH3 is 1. The van der Waals surface area contributed by atoms with Gasteiger partial charge in [-0.1, -0.05) is 20.8 Å². The zero-order valence-electron chi connectivity index (χ0n) is 13.0. The Kier molecular flexibility index (Phi) is 9.80. The van der Waals surface area contributed by atoms with E-state index in [9.17, 15) is 9.59 Å². The molecule has 0 aromatic rings. The molecule has 0 aliphatic carbocycles. The van der Waals surface area contributed by atoms with Crippen LogP contribution in [-0.2, 0) is 9.53 Å². The van der Waals surface area contributed by atoms with E-state index in [2.05, 4.69) is 19.2 Å². The molecule has 2 N–H and O–H groups in total. The third-order valence-corrected chi connectivity index (χ3v) is 2.95. The molecule has 6 nitrogen and oxygen atoms in total. The molecule has 0 aromatic carbocycles. The molecule has 118 valence electrons. The Bertz CT molecular complexity index is 295. The number of ether oxygens (including phenoxy) is 1. The maximum absolute atomic E-state index is 12.0. The van der Waals surface area contributed by atoms with E-state index in [4.69, 9.17) is 9.84 Å². The Hall–Kier alpha value is -1.30. The number of urea groups is 1. The monoisotopic (exact) mass is 288 g/mol. The van der Waals surface area contributed by atoms with Crippen molar-refractivity contribution in [2.75, 3.05) is 33.4 Å². The van der Waals surface area contributed by atoms with E-state index in [-0.39, 0.29) is 11.9 Å². The van der Waals surface area contributed by atoms with Gasteiger partial charge in [0.25, 0.3) is 0 Å². The molecule has 0 spiro atoms. The predicted octanol–water partition coefficient (Wildman–Crippen LogP) is 1.80. The summed E-state index contributed by atoms with van der Waals surface area (Å²) < 4.78 is 5.00. The van der Waals surface area contributed by atoms with E-state index in [0.29, 0.717) is 45.0 Å². The number of carboxylic acids is 1. The summed E-state index contributed by atoms with van der Waals surface area (Å²) in [4.78, 5) is 24.4. The van der Waals surface area contributed by atoms with Gasteiger partial charge < -0.3 is 20.1 Å². The van der Waals surface area contributed by atoms with E-state index >= 15 is 0 Å². The van der Waals surface area contributed by atoms with Crippen LogP contribution in [0.5, 0.6) is 0 Å². The van der Waals surface area contributed by atoms with Gasteiger partial charge in [-0.05, 0) is 18.8 Å². The number of carbonyl (C=O) groups excluding carboxylic acids is 1. The van der Waals surface area contributed by atoms with E-state index in [1.807, 2.05) is 0 Å². The first kappa shape index (κ1) is 18.7. The average Bonchev–Trinajstić information content (AvgIpc) is 2.38. The van der Waals surface area contributed by atoms with Crippen LogP contribution in [0, 0.1) is 11.8 Å². The van der Waals surface area contributed by atoms with Crippen molar-refractivity contribution in [3.63, 3.8) is 0 Å². The first-order valence-corrected chi connectivity index (χ1v) is 7.13. The molecule has 0 aliphatic heterocycles. The highest BCUT2D eigenvalue weighted by molar-refractivity contribution is 5.74. The SMILES string of the molecule is COCCN(CC(C)C)C(=O)NCCCC(C)C(=O)O. The molecule has 0 saturated heterocycles. The lowest BCUT2D eigenvalue weighted by molar-refractivity contribution is -0.141. The van der Waals surface area contributed by atoms with Crippen molar-refractivity contribution < 1.29 is 19.4 Å². The lowest BCUT2D eigenvalue weighted by Crippen LogP contribution is -2.43. The van der Waals surface area contributed by atoms with Crippen LogP contribution < -0.4 is 5.32 Å². The van der Waals surface area contributed by atoms with Crippen molar-refractivity contribution in [3.05, 3.63) is 0 Å². The van der Waals surface area contributed by atoms with Crippen molar-refractivity contribution in [3.8, 4) is 0 Å². The highest BCUT2D eigenvalue weighted by atomic mass is 16.5. The van der Waals surface area contributed by atoms with Gasteiger partial charge in [-0.25, -0.2) is 4.79 Å². The largest absolute Gasteiger partial charge is 0.481 e. The minimum atomic E-state index is -0.794. The molecule has 0 heterocycles. The maximum atomic E-state index is 12.0. The number of hydrogen-bond donors (Lipinski definition) is 2. The van der Waals surface area contributed by atoms with Crippen molar-refractivity contribution in [2.24, 2.45) is 11.8 Å². The summed E-state index contributed by atoms with van der Waals surface area (Å²) in [6, 6.07) is -0.112.